The summed E-state index contributed by atoms with van der Waals surface area (Å²) in [5.74, 6) is 2.72. The standard InChI is InChI=1S/C13H24N2O/c1-3-7-12(4-2)14-10-13(16)11-15-8-5-6-9-15/h2,12-14,16H,3,5-11H2,1H3. The zero-order valence-electron chi connectivity index (χ0n) is 10.3. The number of hydrogen-bond donors (Lipinski definition) is 2. The highest BCUT2D eigenvalue weighted by Crippen LogP contribution is 2.07. The predicted octanol–water partition coefficient (Wildman–Crippen LogP) is 0.835. The second-order valence-electron chi connectivity index (χ2n) is 4.58. The fourth-order valence-electron chi connectivity index (χ4n) is 2.14. The molecule has 0 aromatic heterocycles. The lowest BCUT2D eigenvalue weighted by atomic mass is 10.1. The van der Waals surface area contributed by atoms with Gasteiger partial charge in [0.1, 0.15) is 0 Å². The van der Waals surface area contributed by atoms with Crippen molar-refractivity contribution in [2.24, 2.45) is 0 Å². The summed E-state index contributed by atoms with van der Waals surface area (Å²) in [5.41, 5.74) is 0. The van der Waals surface area contributed by atoms with E-state index in [9.17, 15) is 5.11 Å². The Labute approximate surface area is 99.2 Å². The van der Waals surface area contributed by atoms with E-state index in [1.807, 2.05) is 0 Å². The van der Waals surface area contributed by atoms with E-state index < -0.39 is 0 Å². The van der Waals surface area contributed by atoms with Gasteiger partial charge in [-0.15, -0.1) is 6.42 Å². The lowest BCUT2D eigenvalue weighted by Crippen LogP contribution is -2.40. The molecule has 2 unspecified atom stereocenters. The molecule has 2 N–H and O–H groups in total. The van der Waals surface area contributed by atoms with Gasteiger partial charge in [-0.1, -0.05) is 19.3 Å². The average Bonchev–Trinajstić information content (AvgIpc) is 2.76. The van der Waals surface area contributed by atoms with Gasteiger partial charge in [-0.2, -0.15) is 0 Å². The molecule has 0 aromatic carbocycles. The minimum atomic E-state index is -0.300. The average molecular weight is 224 g/mol. The first-order valence-electron chi connectivity index (χ1n) is 6.36. The Bertz CT molecular complexity index is 218. The van der Waals surface area contributed by atoms with Crippen LogP contribution >= 0.6 is 0 Å². The van der Waals surface area contributed by atoms with Crippen molar-refractivity contribution in [2.45, 2.75) is 44.8 Å². The number of nitrogens with zero attached hydrogens (tertiary/aromatic N) is 1. The SMILES string of the molecule is C#CC(CCC)NCC(O)CN1CCCC1. The van der Waals surface area contributed by atoms with Crippen molar-refractivity contribution in [3.8, 4) is 12.3 Å². The van der Waals surface area contributed by atoms with Gasteiger partial charge in [0.05, 0.1) is 12.1 Å². The van der Waals surface area contributed by atoms with Crippen LogP contribution in [0.3, 0.4) is 0 Å². The van der Waals surface area contributed by atoms with E-state index in [-0.39, 0.29) is 12.1 Å². The number of rotatable bonds is 7. The minimum Gasteiger partial charge on any atom is -0.390 e. The van der Waals surface area contributed by atoms with E-state index in [2.05, 4.69) is 23.1 Å². The number of hydrogen-bond acceptors (Lipinski definition) is 3. The van der Waals surface area contributed by atoms with Crippen LogP contribution in [0, 0.1) is 12.3 Å². The summed E-state index contributed by atoms with van der Waals surface area (Å²) in [6, 6.07) is 0.109. The second-order valence-corrected chi connectivity index (χ2v) is 4.58. The highest BCUT2D eigenvalue weighted by molar-refractivity contribution is 4.98. The van der Waals surface area contributed by atoms with Crippen molar-refractivity contribution < 1.29 is 5.11 Å². The molecule has 0 amide bonds. The third kappa shape index (κ3) is 4.98. The maximum Gasteiger partial charge on any atom is 0.0791 e. The number of aliphatic hydroxyl groups is 1. The lowest BCUT2D eigenvalue weighted by Gasteiger charge is -2.21. The van der Waals surface area contributed by atoms with E-state index in [0.29, 0.717) is 6.54 Å². The molecule has 1 heterocycles. The van der Waals surface area contributed by atoms with Crippen molar-refractivity contribution in [1.29, 1.82) is 0 Å². The third-order valence-electron chi connectivity index (χ3n) is 3.05. The van der Waals surface area contributed by atoms with E-state index in [1.165, 1.54) is 12.8 Å². The quantitative estimate of drug-likeness (QED) is 0.629. The van der Waals surface area contributed by atoms with Gasteiger partial charge in [-0.05, 0) is 32.4 Å². The van der Waals surface area contributed by atoms with Gasteiger partial charge >= 0.3 is 0 Å². The summed E-state index contributed by atoms with van der Waals surface area (Å²) in [7, 11) is 0. The van der Waals surface area contributed by atoms with Gasteiger partial charge in [0, 0.05) is 13.1 Å². The van der Waals surface area contributed by atoms with Gasteiger partial charge in [-0.3, -0.25) is 0 Å². The molecule has 1 saturated heterocycles. The molecule has 0 spiro atoms. The van der Waals surface area contributed by atoms with Crippen LogP contribution in [0.25, 0.3) is 0 Å². The number of nitrogens with one attached hydrogen (secondary N) is 1. The molecule has 1 fully saturated rings. The predicted molar refractivity (Wildman–Crippen MR) is 67.2 cm³/mol. The Balaban J connectivity index is 2.13. The van der Waals surface area contributed by atoms with E-state index in [1.54, 1.807) is 0 Å². The highest BCUT2D eigenvalue weighted by atomic mass is 16.3. The smallest absolute Gasteiger partial charge is 0.0791 e. The van der Waals surface area contributed by atoms with Crippen LogP contribution in [0.1, 0.15) is 32.6 Å². The normalized spacial score (nSPS) is 20.6. The maximum atomic E-state index is 9.85. The largest absolute Gasteiger partial charge is 0.390 e. The summed E-state index contributed by atoms with van der Waals surface area (Å²) in [6.45, 7) is 5.75. The van der Waals surface area contributed by atoms with Crippen LogP contribution in [0.4, 0.5) is 0 Å². The Morgan fingerprint density at radius 1 is 1.44 bits per heavy atom. The number of aliphatic hydroxyl groups excluding tert-OH is 1. The van der Waals surface area contributed by atoms with Gasteiger partial charge in [0.2, 0.25) is 0 Å². The molecule has 0 bridgehead atoms. The van der Waals surface area contributed by atoms with Gasteiger partial charge in [-0.25, -0.2) is 0 Å². The number of terminal acetylenes is 1. The first kappa shape index (κ1) is 13.5. The van der Waals surface area contributed by atoms with Gasteiger partial charge in [0.15, 0.2) is 0 Å². The number of likely N-dealkylation sites (tertiary alicyclic amines) is 1. The molecular weight excluding hydrogens is 200 g/mol. The van der Waals surface area contributed by atoms with Crippen LogP contribution in [0.2, 0.25) is 0 Å². The maximum absolute atomic E-state index is 9.85. The molecule has 0 saturated carbocycles. The second kappa shape index (κ2) is 7.67. The molecule has 0 aromatic rings. The van der Waals surface area contributed by atoms with Crippen molar-refractivity contribution >= 4 is 0 Å². The Hall–Kier alpha value is -0.560. The van der Waals surface area contributed by atoms with Crippen LogP contribution in [0.5, 0.6) is 0 Å². The summed E-state index contributed by atoms with van der Waals surface area (Å²) in [5, 5.41) is 13.1. The van der Waals surface area contributed by atoms with E-state index in [4.69, 9.17) is 6.42 Å². The van der Waals surface area contributed by atoms with Crippen LogP contribution < -0.4 is 5.32 Å². The molecule has 2 atom stereocenters. The molecule has 16 heavy (non-hydrogen) atoms. The first-order chi connectivity index (χ1) is 7.76. The molecule has 0 radical (unpaired) electrons. The zero-order valence-corrected chi connectivity index (χ0v) is 10.3. The fourth-order valence-corrected chi connectivity index (χ4v) is 2.14. The Kier molecular flexibility index (Phi) is 6.47. The molecule has 1 aliphatic rings. The molecule has 3 nitrogen and oxygen atoms in total. The van der Waals surface area contributed by atoms with Crippen molar-refractivity contribution in [2.75, 3.05) is 26.2 Å². The lowest BCUT2D eigenvalue weighted by molar-refractivity contribution is 0.122. The summed E-state index contributed by atoms with van der Waals surface area (Å²) < 4.78 is 0. The molecule has 1 aliphatic heterocycles. The van der Waals surface area contributed by atoms with Crippen LogP contribution in [-0.2, 0) is 0 Å². The molecular formula is C13H24N2O. The monoisotopic (exact) mass is 224 g/mol. The van der Waals surface area contributed by atoms with Crippen molar-refractivity contribution in [3.05, 3.63) is 0 Å². The summed E-state index contributed by atoms with van der Waals surface area (Å²) in [4.78, 5) is 2.32. The van der Waals surface area contributed by atoms with Crippen molar-refractivity contribution in [3.63, 3.8) is 0 Å². The third-order valence-corrected chi connectivity index (χ3v) is 3.05. The van der Waals surface area contributed by atoms with Gasteiger partial charge in [0.25, 0.3) is 0 Å². The zero-order chi connectivity index (χ0) is 11.8. The topological polar surface area (TPSA) is 35.5 Å². The molecule has 3 heteroatoms. The molecule has 1 rings (SSSR count). The van der Waals surface area contributed by atoms with E-state index >= 15 is 0 Å². The van der Waals surface area contributed by atoms with Crippen LogP contribution in [-0.4, -0.2) is 48.3 Å². The molecule has 0 aliphatic carbocycles. The summed E-state index contributed by atoms with van der Waals surface area (Å²) in [6.07, 6.45) is 9.69. The van der Waals surface area contributed by atoms with Crippen molar-refractivity contribution in [1.82, 2.24) is 10.2 Å². The van der Waals surface area contributed by atoms with Gasteiger partial charge < -0.3 is 15.3 Å². The first-order valence-corrected chi connectivity index (χ1v) is 6.36. The summed E-state index contributed by atoms with van der Waals surface area (Å²) >= 11 is 0. The molecule has 92 valence electrons. The fraction of sp³-hybridized carbons (Fsp3) is 0.846. The number of β-amino-alcohol motifs (C(OH)–C–C–N with tert-alkyl or cyclic N) is 1. The Morgan fingerprint density at radius 3 is 2.69 bits per heavy atom. The highest BCUT2D eigenvalue weighted by Gasteiger charge is 2.16. The minimum absolute atomic E-state index is 0.109. The van der Waals surface area contributed by atoms with Crippen LogP contribution in [0.15, 0.2) is 0 Å². The van der Waals surface area contributed by atoms with E-state index in [0.717, 1.165) is 32.5 Å². The Morgan fingerprint density at radius 2 is 2.12 bits per heavy atom.